The molecule has 0 aliphatic heterocycles. The molecular formula is C19H16F4N4. The topological polar surface area (TPSA) is 49.8 Å². The molecule has 4 nitrogen and oxygen atoms in total. The quantitative estimate of drug-likeness (QED) is 0.562. The van der Waals surface area contributed by atoms with Crippen LogP contribution in [0.25, 0.3) is 0 Å². The highest BCUT2D eigenvalue weighted by Gasteiger charge is 2.35. The molecule has 27 heavy (non-hydrogen) atoms. The Hall–Kier alpha value is -3.16. The number of benzene rings is 2. The van der Waals surface area contributed by atoms with Crippen LogP contribution in [0.1, 0.15) is 18.1 Å². The van der Waals surface area contributed by atoms with E-state index in [1.165, 1.54) is 24.3 Å². The average molecular weight is 376 g/mol. The number of rotatable bonds is 5. The summed E-state index contributed by atoms with van der Waals surface area (Å²) in [4.78, 5) is 7.71. The van der Waals surface area contributed by atoms with Crippen molar-refractivity contribution in [3.8, 4) is 0 Å². The van der Waals surface area contributed by atoms with Crippen molar-refractivity contribution >= 4 is 23.1 Å². The van der Waals surface area contributed by atoms with Gasteiger partial charge in [0.05, 0.1) is 0 Å². The van der Waals surface area contributed by atoms with Gasteiger partial charge >= 0.3 is 6.18 Å². The van der Waals surface area contributed by atoms with Crippen LogP contribution in [0, 0.1) is 5.82 Å². The second kappa shape index (κ2) is 7.61. The van der Waals surface area contributed by atoms with Gasteiger partial charge in [-0.3, -0.25) is 0 Å². The zero-order valence-electron chi connectivity index (χ0n) is 14.3. The van der Waals surface area contributed by atoms with Crippen molar-refractivity contribution in [2.24, 2.45) is 0 Å². The van der Waals surface area contributed by atoms with Gasteiger partial charge in [0.1, 0.15) is 17.2 Å². The smallest absolute Gasteiger partial charge is 0.339 e. The van der Waals surface area contributed by atoms with E-state index in [-0.39, 0.29) is 11.8 Å². The predicted molar refractivity (Wildman–Crippen MR) is 95.8 cm³/mol. The van der Waals surface area contributed by atoms with Gasteiger partial charge in [0.2, 0.25) is 5.95 Å². The highest BCUT2D eigenvalue weighted by Crippen LogP contribution is 2.35. The maximum atomic E-state index is 13.4. The lowest BCUT2D eigenvalue weighted by atomic mass is 10.1. The third-order valence-electron chi connectivity index (χ3n) is 3.85. The third-order valence-corrected chi connectivity index (χ3v) is 3.85. The van der Waals surface area contributed by atoms with Crippen molar-refractivity contribution in [2.45, 2.75) is 19.5 Å². The molecule has 0 amide bonds. The van der Waals surface area contributed by atoms with Gasteiger partial charge in [-0.1, -0.05) is 25.1 Å². The first-order valence-electron chi connectivity index (χ1n) is 8.18. The number of halogens is 4. The van der Waals surface area contributed by atoms with Gasteiger partial charge in [0.25, 0.3) is 0 Å². The standard InChI is InChI=1S/C19H16F4N4/c1-2-12-5-3-4-6-16(12)26-17-15(19(21,22)23)11-24-18(27-17)25-14-9-7-13(20)8-10-14/h3-11H,2H2,1H3,(H2,24,25,26,27). The fourth-order valence-electron chi connectivity index (χ4n) is 2.49. The highest BCUT2D eigenvalue weighted by molar-refractivity contribution is 5.65. The molecule has 2 aromatic carbocycles. The first kappa shape index (κ1) is 18.6. The van der Waals surface area contributed by atoms with Gasteiger partial charge in [-0.2, -0.15) is 18.2 Å². The molecule has 3 aromatic rings. The molecule has 0 atom stereocenters. The van der Waals surface area contributed by atoms with Gasteiger partial charge in [-0.25, -0.2) is 9.37 Å². The van der Waals surface area contributed by atoms with Gasteiger partial charge in [0, 0.05) is 17.6 Å². The van der Waals surface area contributed by atoms with Crippen LogP contribution in [0.15, 0.2) is 54.7 Å². The van der Waals surface area contributed by atoms with Crippen molar-refractivity contribution in [2.75, 3.05) is 10.6 Å². The Balaban J connectivity index is 1.97. The summed E-state index contributed by atoms with van der Waals surface area (Å²) >= 11 is 0. The summed E-state index contributed by atoms with van der Waals surface area (Å²) in [6, 6.07) is 12.4. The van der Waals surface area contributed by atoms with Crippen LogP contribution in [0.3, 0.4) is 0 Å². The van der Waals surface area contributed by atoms with Crippen LogP contribution in [-0.4, -0.2) is 9.97 Å². The van der Waals surface area contributed by atoms with Crippen molar-refractivity contribution in [3.63, 3.8) is 0 Å². The van der Waals surface area contributed by atoms with Crippen LogP contribution < -0.4 is 10.6 Å². The first-order chi connectivity index (χ1) is 12.9. The SMILES string of the molecule is CCc1ccccc1Nc1nc(Nc2ccc(F)cc2)ncc1C(F)(F)F. The second-order valence-corrected chi connectivity index (χ2v) is 5.72. The van der Waals surface area contributed by atoms with E-state index in [0.717, 1.165) is 11.8 Å². The molecule has 8 heteroatoms. The molecule has 140 valence electrons. The van der Waals surface area contributed by atoms with Crippen molar-refractivity contribution in [3.05, 3.63) is 71.7 Å². The lowest BCUT2D eigenvalue weighted by molar-refractivity contribution is -0.137. The number of alkyl halides is 3. The van der Waals surface area contributed by atoms with E-state index >= 15 is 0 Å². The Kier molecular flexibility index (Phi) is 5.25. The van der Waals surface area contributed by atoms with Crippen molar-refractivity contribution in [1.29, 1.82) is 0 Å². The summed E-state index contributed by atoms with van der Waals surface area (Å²) in [6.45, 7) is 1.91. The van der Waals surface area contributed by atoms with Crippen LogP contribution in [-0.2, 0) is 12.6 Å². The molecule has 0 spiro atoms. The normalized spacial score (nSPS) is 11.3. The predicted octanol–water partition coefficient (Wildman–Crippen LogP) is 5.68. The summed E-state index contributed by atoms with van der Waals surface area (Å²) in [5.41, 5.74) is 0.878. The maximum Gasteiger partial charge on any atom is 0.421 e. The minimum atomic E-state index is -4.61. The summed E-state index contributed by atoms with van der Waals surface area (Å²) in [5, 5.41) is 5.53. The molecular weight excluding hydrogens is 360 g/mol. The molecule has 1 aromatic heterocycles. The minimum Gasteiger partial charge on any atom is -0.339 e. The number of aryl methyl sites for hydroxylation is 1. The molecule has 0 saturated carbocycles. The Morgan fingerprint density at radius 1 is 0.963 bits per heavy atom. The number of anilines is 4. The number of hydrogen-bond donors (Lipinski definition) is 2. The van der Waals surface area contributed by atoms with E-state index in [9.17, 15) is 17.6 Å². The first-order valence-corrected chi connectivity index (χ1v) is 8.18. The number of nitrogens with zero attached hydrogens (tertiary/aromatic N) is 2. The van der Waals surface area contributed by atoms with E-state index in [2.05, 4.69) is 20.6 Å². The molecule has 3 rings (SSSR count). The fourth-order valence-corrected chi connectivity index (χ4v) is 2.49. The summed E-state index contributed by atoms with van der Waals surface area (Å²) < 4.78 is 53.1. The van der Waals surface area contributed by atoms with Gasteiger partial charge < -0.3 is 10.6 Å². The number of nitrogens with one attached hydrogen (secondary N) is 2. The maximum absolute atomic E-state index is 13.4. The van der Waals surface area contributed by atoms with Crippen molar-refractivity contribution < 1.29 is 17.6 Å². The molecule has 0 aliphatic carbocycles. The minimum absolute atomic E-state index is 0.0360. The van der Waals surface area contributed by atoms with E-state index in [0.29, 0.717) is 17.8 Å². The van der Waals surface area contributed by atoms with Gasteiger partial charge in [-0.05, 0) is 42.3 Å². The highest BCUT2D eigenvalue weighted by atomic mass is 19.4. The molecule has 0 aliphatic rings. The zero-order valence-corrected chi connectivity index (χ0v) is 14.3. The summed E-state index contributed by atoms with van der Waals surface area (Å²) in [7, 11) is 0. The van der Waals surface area contributed by atoms with Crippen LogP contribution in [0.2, 0.25) is 0 Å². The van der Waals surface area contributed by atoms with Crippen LogP contribution in [0.4, 0.5) is 40.7 Å². The Morgan fingerprint density at radius 2 is 1.67 bits per heavy atom. The Labute approximate surface area is 153 Å². The largest absolute Gasteiger partial charge is 0.421 e. The van der Waals surface area contributed by atoms with Gasteiger partial charge in [-0.15, -0.1) is 0 Å². The van der Waals surface area contributed by atoms with E-state index in [1.807, 2.05) is 19.1 Å². The monoisotopic (exact) mass is 376 g/mol. The lowest BCUT2D eigenvalue weighted by Crippen LogP contribution is -2.13. The molecule has 0 fully saturated rings. The Morgan fingerprint density at radius 3 is 2.33 bits per heavy atom. The summed E-state index contributed by atoms with van der Waals surface area (Å²) in [6.07, 6.45) is -3.25. The molecule has 0 saturated heterocycles. The van der Waals surface area contributed by atoms with E-state index in [1.54, 1.807) is 12.1 Å². The number of hydrogen-bond acceptors (Lipinski definition) is 4. The lowest BCUT2D eigenvalue weighted by Gasteiger charge is -2.16. The Bertz CT molecular complexity index is 924. The fraction of sp³-hybridized carbons (Fsp3) is 0.158. The summed E-state index contributed by atoms with van der Waals surface area (Å²) in [5.74, 6) is -0.818. The number of para-hydroxylation sites is 1. The van der Waals surface area contributed by atoms with E-state index < -0.39 is 17.6 Å². The van der Waals surface area contributed by atoms with E-state index in [4.69, 9.17) is 0 Å². The van der Waals surface area contributed by atoms with Crippen LogP contribution >= 0.6 is 0 Å². The molecule has 2 N–H and O–H groups in total. The molecule has 0 radical (unpaired) electrons. The zero-order chi connectivity index (χ0) is 19.4. The molecule has 0 unspecified atom stereocenters. The molecule has 0 bridgehead atoms. The number of aromatic nitrogens is 2. The molecule has 1 heterocycles. The van der Waals surface area contributed by atoms with Crippen LogP contribution in [0.5, 0.6) is 0 Å². The second-order valence-electron chi connectivity index (χ2n) is 5.72. The van der Waals surface area contributed by atoms with Crippen molar-refractivity contribution in [1.82, 2.24) is 9.97 Å². The average Bonchev–Trinajstić information content (AvgIpc) is 2.63. The third kappa shape index (κ3) is 4.52. The van der Waals surface area contributed by atoms with Gasteiger partial charge in [0.15, 0.2) is 0 Å².